The highest BCUT2D eigenvalue weighted by Crippen LogP contribution is 2.50. The zero-order valence-electron chi connectivity index (χ0n) is 13.0. The third-order valence-electron chi connectivity index (χ3n) is 4.15. The molecule has 1 aliphatic rings. The van der Waals surface area contributed by atoms with Gasteiger partial charge in [0.2, 0.25) is 11.8 Å². The lowest BCUT2D eigenvalue weighted by Crippen LogP contribution is -2.34. The first-order valence-electron chi connectivity index (χ1n) is 7.17. The Kier molecular flexibility index (Phi) is 3.16. The van der Waals surface area contributed by atoms with Crippen molar-refractivity contribution in [2.45, 2.75) is 33.6 Å². The predicted octanol–water partition coefficient (Wildman–Crippen LogP) is 3.44. The Bertz CT molecular complexity index is 717. The molecule has 0 radical (unpaired) electrons. The van der Waals surface area contributed by atoms with E-state index in [0.29, 0.717) is 11.8 Å². The Morgan fingerprint density at radius 1 is 1.05 bits per heavy atom. The highest BCUT2D eigenvalue weighted by atomic mass is 16.5. The van der Waals surface area contributed by atoms with Crippen molar-refractivity contribution in [1.82, 2.24) is 9.97 Å². The zero-order valence-corrected chi connectivity index (χ0v) is 13.0. The summed E-state index contributed by atoms with van der Waals surface area (Å²) in [6.07, 6.45) is 0. The van der Waals surface area contributed by atoms with Gasteiger partial charge in [0, 0.05) is 28.4 Å². The van der Waals surface area contributed by atoms with Crippen LogP contribution in [0, 0.1) is 19.3 Å². The molecule has 114 valence electrons. The standard InChI is InChI=1S/C17H18N2O3/c1-9-5-7-11-13(17(3,4)16(20)21)12-8-6-10(2)19-15(12)22-14(11)18-9/h5-8,13H,1-4H3,(H,20,21). The van der Waals surface area contributed by atoms with Gasteiger partial charge in [0.15, 0.2) is 0 Å². The molecule has 0 spiro atoms. The second kappa shape index (κ2) is 4.80. The summed E-state index contributed by atoms with van der Waals surface area (Å²) in [6, 6.07) is 7.55. The van der Waals surface area contributed by atoms with Gasteiger partial charge in [-0.2, -0.15) is 0 Å². The average molecular weight is 298 g/mol. The largest absolute Gasteiger partial charge is 0.481 e. The Morgan fingerprint density at radius 3 is 1.91 bits per heavy atom. The second-order valence-electron chi connectivity index (χ2n) is 6.26. The van der Waals surface area contributed by atoms with E-state index in [9.17, 15) is 9.90 Å². The van der Waals surface area contributed by atoms with E-state index in [1.54, 1.807) is 13.8 Å². The number of carboxylic acid groups (broad SMARTS) is 1. The minimum atomic E-state index is -0.999. The third kappa shape index (κ3) is 2.13. The van der Waals surface area contributed by atoms with Gasteiger partial charge in [-0.1, -0.05) is 12.1 Å². The number of aliphatic carboxylic acids is 1. The molecule has 0 unspecified atom stereocenters. The van der Waals surface area contributed by atoms with Crippen molar-refractivity contribution < 1.29 is 14.6 Å². The molecule has 1 N–H and O–H groups in total. The fourth-order valence-corrected chi connectivity index (χ4v) is 2.85. The first-order valence-corrected chi connectivity index (χ1v) is 7.17. The first-order chi connectivity index (χ1) is 10.3. The van der Waals surface area contributed by atoms with Crippen LogP contribution in [-0.4, -0.2) is 21.0 Å². The van der Waals surface area contributed by atoms with Crippen LogP contribution in [0.2, 0.25) is 0 Å². The van der Waals surface area contributed by atoms with Gasteiger partial charge in [0.05, 0.1) is 5.41 Å². The molecule has 0 atom stereocenters. The summed E-state index contributed by atoms with van der Waals surface area (Å²) in [7, 11) is 0. The summed E-state index contributed by atoms with van der Waals surface area (Å²) in [5, 5.41) is 9.67. The van der Waals surface area contributed by atoms with Gasteiger partial charge in [0.1, 0.15) is 0 Å². The Labute approximate surface area is 129 Å². The number of carbonyl (C=O) groups is 1. The van der Waals surface area contributed by atoms with E-state index < -0.39 is 11.4 Å². The number of aromatic nitrogens is 2. The highest BCUT2D eigenvalue weighted by Gasteiger charge is 2.44. The number of ether oxygens (including phenoxy) is 1. The molecular weight excluding hydrogens is 280 g/mol. The number of carboxylic acids is 1. The van der Waals surface area contributed by atoms with Gasteiger partial charge in [-0.05, 0) is 39.8 Å². The summed E-state index contributed by atoms with van der Waals surface area (Å²) in [6.45, 7) is 7.19. The molecule has 22 heavy (non-hydrogen) atoms. The number of nitrogens with zero attached hydrogens (tertiary/aromatic N) is 2. The minimum absolute atomic E-state index is 0.357. The quantitative estimate of drug-likeness (QED) is 0.919. The lowest BCUT2D eigenvalue weighted by Gasteiger charge is -2.35. The maximum absolute atomic E-state index is 11.8. The van der Waals surface area contributed by atoms with Crippen LogP contribution in [-0.2, 0) is 4.79 Å². The van der Waals surface area contributed by atoms with Crippen LogP contribution in [0.15, 0.2) is 24.3 Å². The summed E-state index contributed by atoms with van der Waals surface area (Å²) in [5.41, 5.74) is 2.22. The Balaban J connectivity index is 2.27. The number of pyridine rings is 2. The lowest BCUT2D eigenvalue weighted by molar-refractivity contribution is -0.147. The van der Waals surface area contributed by atoms with Crippen LogP contribution in [0.1, 0.15) is 42.3 Å². The van der Waals surface area contributed by atoms with E-state index in [2.05, 4.69) is 9.97 Å². The topological polar surface area (TPSA) is 72.3 Å². The van der Waals surface area contributed by atoms with E-state index in [4.69, 9.17) is 4.74 Å². The lowest BCUT2D eigenvalue weighted by atomic mass is 9.71. The monoisotopic (exact) mass is 298 g/mol. The van der Waals surface area contributed by atoms with Gasteiger partial charge in [0.25, 0.3) is 0 Å². The summed E-state index contributed by atoms with van der Waals surface area (Å²) >= 11 is 0. The van der Waals surface area contributed by atoms with E-state index in [0.717, 1.165) is 22.5 Å². The molecule has 0 bridgehead atoms. The maximum atomic E-state index is 11.8. The van der Waals surface area contributed by atoms with E-state index in [1.165, 1.54) is 0 Å². The maximum Gasteiger partial charge on any atom is 0.310 e. The fourth-order valence-electron chi connectivity index (χ4n) is 2.85. The van der Waals surface area contributed by atoms with Crippen LogP contribution >= 0.6 is 0 Å². The van der Waals surface area contributed by atoms with E-state index >= 15 is 0 Å². The molecule has 2 aromatic rings. The van der Waals surface area contributed by atoms with Crippen molar-refractivity contribution in [3.8, 4) is 11.8 Å². The molecule has 0 saturated heterocycles. The summed E-state index contributed by atoms with van der Waals surface area (Å²) < 4.78 is 5.83. The second-order valence-corrected chi connectivity index (χ2v) is 6.26. The van der Waals surface area contributed by atoms with Crippen molar-refractivity contribution in [3.63, 3.8) is 0 Å². The molecular formula is C17H18N2O3. The number of fused-ring (bicyclic) bond motifs is 2. The van der Waals surface area contributed by atoms with Crippen molar-refractivity contribution in [3.05, 3.63) is 46.8 Å². The number of aryl methyl sites for hydroxylation is 2. The van der Waals surface area contributed by atoms with Crippen molar-refractivity contribution in [2.24, 2.45) is 5.41 Å². The van der Waals surface area contributed by atoms with E-state index in [1.807, 2.05) is 38.1 Å². The molecule has 0 saturated carbocycles. The molecule has 2 aromatic heterocycles. The molecule has 3 rings (SSSR count). The average Bonchev–Trinajstić information content (AvgIpc) is 2.44. The molecule has 1 aliphatic heterocycles. The van der Waals surface area contributed by atoms with Crippen LogP contribution < -0.4 is 4.74 Å². The van der Waals surface area contributed by atoms with Gasteiger partial charge in [-0.15, -0.1) is 0 Å². The molecule has 0 aromatic carbocycles. The normalized spacial score (nSPS) is 14.0. The van der Waals surface area contributed by atoms with Crippen LogP contribution in [0.4, 0.5) is 0 Å². The van der Waals surface area contributed by atoms with Crippen LogP contribution in [0.3, 0.4) is 0 Å². The highest BCUT2D eigenvalue weighted by molar-refractivity contribution is 5.77. The third-order valence-corrected chi connectivity index (χ3v) is 4.15. The first kappa shape index (κ1) is 14.5. The SMILES string of the molecule is Cc1ccc2c(n1)Oc1nc(C)ccc1C2C(C)(C)C(=O)O. The number of rotatable bonds is 2. The van der Waals surface area contributed by atoms with Gasteiger partial charge >= 0.3 is 5.97 Å². The van der Waals surface area contributed by atoms with Gasteiger partial charge in [-0.3, -0.25) is 4.79 Å². The summed E-state index contributed by atoms with van der Waals surface area (Å²) in [5.74, 6) is -0.322. The fraction of sp³-hybridized carbons (Fsp3) is 0.353. The van der Waals surface area contributed by atoms with Crippen LogP contribution in [0.25, 0.3) is 0 Å². The molecule has 5 nitrogen and oxygen atoms in total. The Morgan fingerprint density at radius 2 is 1.50 bits per heavy atom. The molecule has 5 heteroatoms. The van der Waals surface area contributed by atoms with Gasteiger partial charge < -0.3 is 9.84 Å². The van der Waals surface area contributed by atoms with Crippen molar-refractivity contribution >= 4 is 5.97 Å². The number of hydrogen-bond acceptors (Lipinski definition) is 4. The summed E-state index contributed by atoms with van der Waals surface area (Å²) in [4.78, 5) is 20.6. The Hall–Kier alpha value is -2.43. The van der Waals surface area contributed by atoms with Crippen molar-refractivity contribution in [1.29, 1.82) is 0 Å². The molecule has 0 fully saturated rings. The number of hydrogen-bond donors (Lipinski definition) is 1. The van der Waals surface area contributed by atoms with E-state index in [-0.39, 0.29) is 5.92 Å². The van der Waals surface area contributed by atoms with Crippen molar-refractivity contribution in [2.75, 3.05) is 0 Å². The predicted molar refractivity (Wildman–Crippen MR) is 81.3 cm³/mol. The molecule has 3 heterocycles. The zero-order chi connectivity index (χ0) is 16.1. The molecule has 0 aliphatic carbocycles. The van der Waals surface area contributed by atoms with Crippen LogP contribution in [0.5, 0.6) is 11.8 Å². The minimum Gasteiger partial charge on any atom is -0.481 e. The van der Waals surface area contributed by atoms with Gasteiger partial charge in [-0.25, -0.2) is 9.97 Å². The molecule has 0 amide bonds. The smallest absolute Gasteiger partial charge is 0.310 e.